The standard InChI is InChI=1S/C33H68N4O5/c1-4-7-10-13-16-19-38-28-23-27(37)33(41-29(28)24-34)42-31-26(36)22-25(35)30(39-20-17-14-11-8-5-2)32(31)40-21-18-15-12-9-6-3/h25-33H,4-24,34-37H2,1-3H3/t25-,26+,27-,28+,29-,30+,31-,32-,33-/m1/s1. The van der Waals surface area contributed by atoms with Gasteiger partial charge in [0.2, 0.25) is 0 Å². The Morgan fingerprint density at radius 3 is 1.55 bits per heavy atom. The summed E-state index contributed by atoms with van der Waals surface area (Å²) in [5.74, 6) is 0. The van der Waals surface area contributed by atoms with Crippen molar-refractivity contribution in [2.24, 2.45) is 22.9 Å². The average molecular weight is 601 g/mol. The minimum Gasteiger partial charge on any atom is -0.375 e. The van der Waals surface area contributed by atoms with Gasteiger partial charge in [-0.05, 0) is 32.1 Å². The Labute approximate surface area is 257 Å². The zero-order valence-electron chi connectivity index (χ0n) is 27.4. The van der Waals surface area contributed by atoms with Crippen molar-refractivity contribution < 1.29 is 23.7 Å². The molecule has 1 heterocycles. The molecule has 9 atom stereocenters. The molecule has 0 bridgehead atoms. The molecule has 9 heteroatoms. The molecule has 42 heavy (non-hydrogen) atoms. The number of unbranched alkanes of at least 4 members (excludes halogenated alkanes) is 12. The Hall–Kier alpha value is -0.360. The summed E-state index contributed by atoms with van der Waals surface area (Å²) >= 11 is 0. The van der Waals surface area contributed by atoms with Crippen LogP contribution in [0.4, 0.5) is 0 Å². The Bertz CT molecular complexity index is 648. The van der Waals surface area contributed by atoms with Crippen LogP contribution in [0.25, 0.3) is 0 Å². The molecule has 0 unspecified atom stereocenters. The fraction of sp³-hybridized carbons (Fsp3) is 1.00. The lowest BCUT2D eigenvalue weighted by molar-refractivity contribution is -0.278. The molecule has 0 amide bonds. The van der Waals surface area contributed by atoms with Crippen molar-refractivity contribution in [1.82, 2.24) is 0 Å². The van der Waals surface area contributed by atoms with E-state index in [0.717, 1.165) is 32.1 Å². The smallest absolute Gasteiger partial charge is 0.173 e. The van der Waals surface area contributed by atoms with E-state index in [1.165, 1.54) is 64.2 Å². The molecule has 1 aliphatic heterocycles. The van der Waals surface area contributed by atoms with Gasteiger partial charge in [-0.1, -0.05) is 97.8 Å². The summed E-state index contributed by atoms with van der Waals surface area (Å²) in [4.78, 5) is 0. The second kappa shape index (κ2) is 23.0. The molecule has 9 nitrogen and oxygen atoms in total. The number of hydrogen-bond donors (Lipinski definition) is 4. The normalized spacial score (nSPS) is 31.9. The van der Waals surface area contributed by atoms with Gasteiger partial charge in [-0.2, -0.15) is 0 Å². The third-order valence-electron chi connectivity index (χ3n) is 8.83. The highest BCUT2D eigenvalue weighted by Gasteiger charge is 2.47. The summed E-state index contributed by atoms with van der Waals surface area (Å²) in [7, 11) is 0. The molecule has 0 radical (unpaired) electrons. The Morgan fingerprint density at radius 2 is 1.02 bits per heavy atom. The Morgan fingerprint density at radius 1 is 0.548 bits per heavy atom. The van der Waals surface area contributed by atoms with Crippen LogP contribution in [-0.2, 0) is 23.7 Å². The van der Waals surface area contributed by atoms with Crippen molar-refractivity contribution in [3.63, 3.8) is 0 Å². The van der Waals surface area contributed by atoms with Gasteiger partial charge in [0.25, 0.3) is 0 Å². The number of rotatable bonds is 24. The summed E-state index contributed by atoms with van der Waals surface area (Å²) in [6.07, 6.45) is 16.7. The van der Waals surface area contributed by atoms with Gasteiger partial charge in [0.15, 0.2) is 6.29 Å². The average Bonchev–Trinajstić information content (AvgIpc) is 2.98. The van der Waals surface area contributed by atoms with E-state index >= 15 is 0 Å². The number of nitrogens with two attached hydrogens (primary N) is 4. The molecule has 1 saturated heterocycles. The van der Waals surface area contributed by atoms with E-state index in [9.17, 15) is 0 Å². The molecule has 1 saturated carbocycles. The lowest BCUT2D eigenvalue weighted by Gasteiger charge is -2.47. The molecule has 0 aromatic carbocycles. The van der Waals surface area contributed by atoms with Crippen LogP contribution < -0.4 is 22.9 Å². The second-order valence-electron chi connectivity index (χ2n) is 12.7. The van der Waals surface area contributed by atoms with E-state index in [1.54, 1.807) is 0 Å². The van der Waals surface area contributed by atoms with Crippen LogP contribution in [-0.4, -0.2) is 81.3 Å². The van der Waals surface area contributed by atoms with E-state index in [-0.39, 0.29) is 42.5 Å². The summed E-state index contributed by atoms with van der Waals surface area (Å²) in [6, 6.07) is -0.875. The fourth-order valence-corrected chi connectivity index (χ4v) is 6.20. The first-order valence-electron chi connectivity index (χ1n) is 17.6. The molecule has 250 valence electrons. The van der Waals surface area contributed by atoms with Crippen LogP contribution >= 0.6 is 0 Å². The fourth-order valence-electron chi connectivity index (χ4n) is 6.20. The second-order valence-corrected chi connectivity index (χ2v) is 12.7. The maximum absolute atomic E-state index is 6.69. The lowest BCUT2D eigenvalue weighted by Crippen LogP contribution is -2.66. The molecule has 2 rings (SSSR count). The molecule has 0 aromatic rings. The van der Waals surface area contributed by atoms with Gasteiger partial charge in [-0.15, -0.1) is 0 Å². The van der Waals surface area contributed by atoms with Gasteiger partial charge in [-0.3, -0.25) is 0 Å². The monoisotopic (exact) mass is 601 g/mol. The maximum atomic E-state index is 6.69. The van der Waals surface area contributed by atoms with Crippen molar-refractivity contribution in [1.29, 1.82) is 0 Å². The summed E-state index contributed by atoms with van der Waals surface area (Å²) in [6.45, 7) is 9.00. The van der Waals surface area contributed by atoms with Crippen molar-refractivity contribution >= 4 is 0 Å². The zero-order chi connectivity index (χ0) is 30.6. The van der Waals surface area contributed by atoms with Gasteiger partial charge >= 0.3 is 0 Å². The number of ether oxygens (including phenoxy) is 5. The molecule has 1 aliphatic carbocycles. The van der Waals surface area contributed by atoms with Gasteiger partial charge in [0.1, 0.15) is 18.3 Å². The molecule has 8 N–H and O–H groups in total. The Balaban J connectivity index is 2.01. The summed E-state index contributed by atoms with van der Waals surface area (Å²) in [5.41, 5.74) is 26.1. The lowest BCUT2D eigenvalue weighted by atomic mass is 9.84. The molecule has 0 aromatic heterocycles. The predicted octanol–water partition coefficient (Wildman–Crippen LogP) is 4.90. The van der Waals surface area contributed by atoms with Crippen molar-refractivity contribution in [2.45, 2.75) is 185 Å². The van der Waals surface area contributed by atoms with E-state index < -0.39 is 12.4 Å². The van der Waals surface area contributed by atoms with Crippen LogP contribution in [0.1, 0.15) is 130 Å². The van der Waals surface area contributed by atoms with Crippen LogP contribution in [0, 0.1) is 0 Å². The highest BCUT2D eigenvalue weighted by Crippen LogP contribution is 2.31. The SMILES string of the molecule is CCCCCCCO[C@@H]1[C@@H](OCCCCCCC)[C@H](N)C[C@H](N)[C@H]1O[C@H]1O[C@H](CN)[C@@H](OCCCCCCC)C[C@H]1N. The largest absolute Gasteiger partial charge is 0.375 e. The summed E-state index contributed by atoms with van der Waals surface area (Å²) < 4.78 is 32.1. The van der Waals surface area contributed by atoms with Crippen LogP contribution in [0.2, 0.25) is 0 Å². The highest BCUT2D eigenvalue weighted by atomic mass is 16.7. The third kappa shape index (κ3) is 13.7. The van der Waals surface area contributed by atoms with Crippen molar-refractivity contribution in [2.75, 3.05) is 26.4 Å². The first-order valence-corrected chi connectivity index (χ1v) is 17.6. The van der Waals surface area contributed by atoms with Crippen molar-refractivity contribution in [3.05, 3.63) is 0 Å². The minimum atomic E-state index is -0.640. The Kier molecular flexibility index (Phi) is 20.8. The molecule has 2 fully saturated rings. The third-order valence-corrected chi connectivity index (χ3v) is 8.83. The predicted molar refractivity (Wildman–Crippen MR) is 171 cm³/mol. The first-order chi connectivity index (χ1) is 20.5. The minimum absolute atomic E-state index is 0.136. The van der Waals surface area contributed by atoms with E-state index in [4.69, 9.17) is 46.6 Å². The zero-order valence-corrected chi connectivity index (χ0v) is 27.4. The molecule has 2 aliphatic rings. The van der Waals surface area contributed by atoms with Crippen molar-refractivity contribution in [3.8, 4) is 0 Å². The molecular formula is C33H68N4O5. The molecular weight excluding hydrogens is 532 g/mol. The van der Waals surface area contributed by atoms with Gasteiger partial charge in [-0.25, -0.2) is 0 Å². The van der Waals surface area contributed by atoms with Crippen LogP contribution in [0.15, 0.2) is 0 Å². The van der Waals surface area contributed by atoms with Gasteiger partial charge in [0, 0.05) is 38.4 Å². The van der Waals surface area contributed by atoms with Gasteiger partial charge < -0.3 is 46.6 Å². The van der Waals surface area contributed by atoms with E-state index in [0.29, 0.717) is 39.2 Å². The highest BCUT2D eigenvalue weighted by molar-refractivity contribution is 5.00. The summed E-state index contributed by atoms with van der Waals surface area (Å²) in [5, 5.41) is 0. The topological polar surface area (TPSA) is 150 Å². The van der Waals surface area contributed by atoms with Crippen LogP contribution in [0.3, 0.4) is 0 Å². The van der Waals surface area contributed by atoms with Gasteiger partial charge in [0.05, 0.1) is 18.2 Å². The quantitative estimate of drug-likeness (QED) is 0.113. The maximum Gasteiger partial charge on any atom is 0.173 e. The number of hydrogen-bond acceptors (Lipinski definition) is 9. The van der Waals surface area contributed by atoms with E-state index in [1.807, 2.05) is 0 Å². The van der Waals surface area contributed by atoms with Crippen LogP contribution in [0.5, 0.6) is 0 Å². The molecule has 0 spiro atoms. The van der Waals surface area contributed by atoms with E-state index in [2.05, 4.69) is 20.8 Å². The first kappa shape index (κ1) is 37.8.